The van der Waals surface area contributed by atoms with Crippen LogP contribution in [0.5, 0.6) is 0 Å². The molecule has 3 heterocycles. The van der Waals surface area contributed by atoms with E-state index in [0.717, 1.165) is 36.8 Å². The lowest BCUT2D eigenvalue weighted by Crippen LogP contribution is -2.39. The number of carbonyl (C=O) groups excluding carboxylic acids is 3. The van der Waals surface area contributed by atoms with E-state index in [9.17, 15) is 14.4 Å². The third-order valence-electron chi connectivity index (χ3n) is 7.90. The summed E-state index contributed by atoms with van der Waals surface area (Å²) in [5, 5.41) is 7.58. The Kier molecular flexibility index (Phi) is 17.1. The van der Waals surface area contributed by atoms with Crippen molar-refractivity contribution in [2.45, 2.75) is 81.7 Å². The largest absolute Gasteiger partial charge is 0.463 e. The van der Waals surface area contributed by atoms with E-state index in [1.807, 2.05) is 81.4 Å². The molecule has 0 radical (unpaired) electrons. The number of amides is 3. The van der Waals surface area contributed by atoms with Gasteiger partial charge in [0.25, 0.3) is 17.7 Å². The van der Waals surface area contributed by atoms with E-state index in [4.69, 9.17) is 72.2 Å². The number of rotatable bonds is 6. The summed E-state index contributed by atoms with van der Waals surface area (Å²) in [5.74, 6) is -0.153. The lowest BCUT2D eigenvalue weighted by molar-refractivity contribution is -0.117. The smallest absolute Gasteiger partial charge is 0.289 e. The molecule has 4 atom stereocenters. The number of carbonyl (C=O) groups is 3. The predicted octanol–water partition coefficient (Wildman–Crippen LogP) is 10.6. The molecule has 0 aliphatic carbocycles. The van der Waals surface area contributed by atoms with Gasteiger partial charge in [-0.25, -0.2) is 0 Å². The number of hydrogen-bond donors (Lipinski definition) is 3. The molecule has 0 bridgehead atoms. The fraction of sp³-hybridized carbons (Fsp3) is 0.325. The zero-order valence-corrected chi connectivity index (χ0v) is 37.4. The second-order valence-electron chi connectivity index (χ2n) is 13.0. The van der Waals surface area contributed by atoms with Gasteiger partial charge in [-0.15, -0.1) is 11.6 Å². The number of aryl methyl sites for hydroxylation is 2. The molecule has 3 aromatic rings. The van der Waals surface area contributed by atoms with Crippen LogP contribution in [0.15, 0.2) is 86.9 Å². The van der Waals surface area contributed by atoms with Gasteiger partial charge in [-0.05, 0) is 94.2 Å². The minimum absolute atomic E-state index is 0. The zero-order valence-electron chi connectivity index (χ0n) is 30.4. The molecule has 3 saturated heterocycles. The maximum atomic E-state index is 11.8. The van der Waals surface area contributed by atoms with Crippen molar-refractivity contribution in [3.05, 3.63) is 120 Å². The van der Waals surface area contributed by atoms with Crippen LogP contribution in [0.4, 0.5) is 0 Å². The minimum atomic E-state index is -1.19. The van der Waals surface area contributed by atoms with Crippen molar-refractivity contribution < 1.29 is 28.6 Å². The fourth-order valence-corrected chi connectivity index (χ4v) is 6.45. The average Bonchev–Trinajstić information content (AvgIpc) is 3.78. The van der Waals surface area contributed by atoms with Gasteiger partial charge in [0.1, 0.15) is 0 Å². The molecular formula is C40H42Br2Cl5N3O6. The molecule has 56 heavy (non-hydrogen) atoms. The highest BCUT2D eigenvalue weighted by Gasteiger charge is 2.41. The van der Waals surface area contributed by atoms with Crippen LogP contribution in [-0.4, -0.2) is 50.4 Å². The van der Waals surface area contributed by atoms with Crippen LogP contribution in [0, 0.1) is 20.8 Å². The Bertz CT molecular complexity index is 1970. The molecule has 0 aromatic heterocycles. The maximum absolute atomic E-state index is 11.8. The van der Waals surface area contributed by atoms with Gasteiger partial charge in [0, 0.05) is 8.95 Å². The number of halogens is 7. The highest BCUT2D eigenvalue weighted by Crippen LogP contribution is 2.33. The molecule has 3 aliphatic rings. The van der Waals surface area contributed by atoms with Crippen LogP contribution >= 0.6 is 89.9 Å². The lowest BCUT2D eigenvalue weighted by Gasteiger charge is -2.20. The normalized spacial score (nSPS) is 21.6. The summed E-state index contributed by atoms with van der Waals surface area (Å²) >= 11 is 36.4. The van der Waals surface area contributed by atoms with E-state index < -0.39 is 27.4 Å². The molecule has 3 aromatic carbocycles. The summed E-state index contributed by atoms with van der Waals surface area (Å²) in [5.41, 5.74) is 6.06. The summed E-state index contributed by atoms with van der Waals surface area (Å²) in [4.78, 5) is 35.1. The molecule has 9 nitrogen and oxygen atoms in total. The molecule has 4 unspecified atom stereocenters. The van der Waals surface area contributed by atoms with Gasteiger partial charge in [-0.1, -0.05) is 145 Å². The Hall–Kier alpha value is -2.90. The van der Waals surface area contributed by atoms with Gasteiger partial charge in [-0.3, -0.25) is 14.4 Å². The van der Waals surface area contributed by atoms with Crippen LogP contribution in [0.1, 0.15) is 61.6 Å². The van der Waals surface area contributed by atoms with Crippen LogP contribution in [0.3, 0.4) is 0 Å². The topological polar surface area (TPSA) is 115 Å². The van der Waals surface area contributed by atoms with Crippen LogP contribution in [0.2, 0.25) is 0 Å². The Morgan fingerprint density at radius 3 is 1.29 bits per heavy atom. The second-order valence-corrected chi connectivity index (χ2v) is 18.9. The van der Waals surface area contributed by atoms with E-state index in [-0.39, 0.29) is 42.0 Å². The van der Waals surface area contributed by atoms with Crippen molar-refractivity contribution >= 4 is 126 Å². The third kappa shape index (κ3) is 13.6. The summed E-state index contributed by atoms with van der Waals surface area (Å²) in [7, 11) is 0. The zero-order chi connectivity index (χ0) is 40.8. The number of alkyl halides is 5. The van der Waals surface area contributed by atoms with E-state index in [0.29, 0.717) is 5.76 Å². The number of ether oxygens (including phenoxy) is 3. The van der Waals surface area contributed by atoms with Gasteiger partial charge in [0.15, 0.2) is 32.2 Å². The quantitative estimate of drug-likeness (QED) is 0.167. The SMILES string of the molecule is C.Cc1c(Br)cc(/C=C2\OC(C(C)(Cl)Cl)NC2=O)cc1Br.Cc1ccc(/C=C2\OC(C(C)(Cl)Cl)NC2=O)cc1.Cc1ccc(/C=C2\OC(C(C)Cl)NC2=O)cc1. The third-order valence-corrected chi connectivity index (χ3v) is 10.6. The van der Waals surface area contributed by atoms with Crippen molar-refractivity contribution in [1.82, 2.24) is 16.0 Å². The Labute approximate surface area is 369 Å². The molecule has 0 spiro atoms. The van der Waals surface area contributed by atoms with Crippen LogP contribution in [0.25, 0.3) is 18.2 Å². The van der Waals surface area contributed by atoms with E-state index in [1.54, 1.807) is 39.0 Å². The average molecular weight is 998 g/mol. The van der Waals surface area contributed by atoms with Gasteiger partial charge < -0.3 is 30.2 Å². The van der Waals surface area contributed by atoms with Crippen molar-refractivity contribution in [2.75, 3.05) is 0 Å². The molecular weight excluding hydrogens is 956 g/mol. The number of benzene rings is 3. The van der Waals surface area contributed by atoms with Crippen LogP contribution < -0.4 is 16.0 Å². The lowest BCUT2D eigenvalue weighted by atomic mass is 10.1. The molecule has 3 amide bonds. The first kappa shape index (κ1) is 47.5. The molecule has 0 saturated carbocycles. The summed E-state index contributed by atoms with van der Waals surface area (Å²) in [6.45, 7) is 10.9. The molecule has 302 valence electrons. The summed E-state index contributed by atoms with van der Waals surface area (Å²) < 4.78 is 15.8. The first-order valence-corrected chi connectivity index (χ1v) is 20.2. The van der Waals surface area contributed by atoms with Gasteiger partial charge in [0.2, 0.25) is 12.5 Å². The minimum Gasteiger partial charge on any atom is -0.463 e. The summed E-state index contributed by atoms with van der Waals surface area (Å²) in [6.07, 6.45) is 3.08. The van der Waals surface area contributed by atoms with Crippen molar-refractivity contribution in [3.63, 3.8) is 0 Å². The van der Waals surface area contributed by atoms with Crippen molar-refractivity contribution in [1.29, 1.82) is 0 Å². The first-order valence-electron chi connectivity index (χ1n) is 16.7. The fourth-order valence-electron chi connectivity index (χ4n) is 4.72. The second kappa shape index (κ2) is 20.2. The summed E-state index contributed by atoms with van der Waals surface area (Å²) in [6, 6.07) is 19.4. The van der Waals surface area contributed by atoms with E-state index in [2.05, 4.69) is 47.8 Å². The van der Waals surface area contributed by atoms with Crippen molar-refractivity contribution in [3.8, 4) is 0 Å². The molecule has 3 aliphatic heterocycles. The van der Waals surface area contributed by atoms with E-state index >= 15 is 0 Å². The molecule has 16 heteroatoms. The number of hydrogen-bond acceptors (Lipinski definition) is 6. The molecule has 3 N–H and O–H groups in total. The maximum Gasteiger partial charge on any atom is 0.289 e. The van der Waals surface area contributed by atoms with E-state index in [1.165, 1.54) is 5.56 Å². The number of nitrogens with one attached hydrogen (secondary N) is 3. The van der Waals surface area contributed by atoms with Crippen molar-refractivity contribution in [2.24, 2.45) is 0 Å². The molecule has 3 fully saturated rings. The first-order chi connectivity index (χ1) is 25.6. The van der Waals surface area contributed by atoms with Crippen LogP contribution in [-0.2, 0) is 28.6 Å². The van der Waals surface area contributed by atoms with Gasteiger partial charge in [0.05, 0.1) is 5.38 Å². The highest BCUT2D eigenvalue weighted by atomic mass is 79.9. The molecule has 6 rings (SSSR count). The standard InChI is InChI=1S/C13H11Br2Cl2NO2.C13H13Cl2NO2.C13H14ClNO2.CH4/c1-6-8(14)3-7(4-9(6)15)5-10-11(19)18-12(20-10)13(2,16)17;1-8-3-5-9(6-4-8)7-10-11(17)16-12(18-10)13(2,14)15;1-8-3-5-10(6-4-8)7-11-12(16)15-13(17-11)9(2)14;/h3-5,12H,1-2H3,(H,18,19);3-7,12H,1-2H3,(H,16,17);3-7,9,13H,1-2H3,(H,15,16);1H4/b10-5-;10-7-;11-7-;. The van der Waals surface area contributed by atoms with Gasteiger partial charge >= 0.3 is 0 Å². The Morgan fingerprint density at radius 2 is 0.964 bits per heavy atom. The monoisotopic (exact) mass is 993 g/mol. The van der Waals surface area contributed by atoms with Gasteiger partial charge in [-0.2, -0.15) is 0 Å². The predicted molar refractivity (Wildman–Crippen MR) is 234 cm³/mol. The Balaban J connectivity index is 0.000000224. The highest BCUT2D eigenvalue weighted by molar-refractivity contribution is 9.11. The Morgan fingerprint density at radius 1 is 0.625 bits per heavy atom.